The summed E-state index contributed by atoms with van der Waals surface area (Å²) in [6.07, 6.45) is 6.18. The second-order valence-corrected chi connectivity index (χ2v) is 5.01. The van der Waals surface area contributed by atoms with Crippen molar-refractivity contribution in [2.45, 2.75) is 44.6 Å². The van der Waals surface area contributed by atoms with E-state index in [0.717, 1.165) is 25.7 Å². The lowest BCUT2D eigenvalue weighted by Gasteiger charge is -2.24. The predicted octanol–water partition coefficient (Wildman–Crippen LogP) is 2.77. The number of imide groups is 1. The van der Waals surface area contributed by atoms with Gasteiger partial charge in [-0.3, -0.25) is 14.5 Å². The van der Waals surface area contributed by atoms with E-state index in [-0.39, 0.29) is 16.1 Å². The quantitative estimate of drug-likeness (QED) is 0.538. The molecule has 1 saturated carbocycles. The maximum Gasteiger partial charge on any atom is 0.274 e. The van der Waals surface area contributed by atoms with Crippen molar-refractivity contribution in [1.29, 1.82) is 0 Å². The summed E-state index contributed by atoms with van der Waals surface area (Å²) in [4.78, 5) is 24.8. The van der Waals surface area contributed by atoms with E-state index >= 15 is 0 Å². The summed E-state index contributed by atoms with van der Waals surface area (Å²) in [6.45, 7) is 0. The molecule has 0 saturated heterocycles. The maximum atomic E-state index is 11.8. The fourth-order valence-electron chi connectivity index (χ4n) is 2.34. The van der Waals surface area contributed by atoms with Gasteiger partial charge in [0.15, 0.2) is 0 Å². The van der Waals surface area contributed by atoms with Crippen molar-refractivity contribution in [2.24, 2.45) is 0 Å². The zero-order chi connectivity index (χ0) is 11.7. The van der Waals surface area contributed by atoms with Gasteiger partial charge in [-0.05, 0) is 12.8 Å². The minimum Gasteiger partial charge on any atom is -0.270 e. The highest BCUT2D eigenvalue weighted by Crippen LogP contribution is 2.32. The number of halogens is 2. The molecule has 0 aromatic heterocycles. The van der Waals surface area contributed by atoms with Crippen LogP contribution in [0.25, 0.3) is 0 Å². The average Bonchev–Trinajstić information content (AvgIpc) is 2.54. The molecule has 2 amide bonds. The second-order valence-electron chi connectivity index (χ2n) is 4.25. The van der Waals surface area contributed by atoms with Crippen LogP contribution in [0.15, 0.2) is 10.1 Å². The highest BCUT2D eigenvalue weighted by Gasteiger charge is 2.40. The Morgan fingerprint density at radius 1 is 0.875 bits per heavy atom. The van der Waals surface area contributed by atoms with Gasteiger partial charge in [-0.2, -0.15) is 0 Å². The molecule has 1 aliphatic heterocycles. The molecular weight excluding hydrogens is 249 g/mol. The summed E-state index contributed by atoms with van der Waals surface area (Å²) in [5, 5.41) is -0.258. The van der Waals surface area contributed by atoms with Crippen molar-refractivity contribution < 1.29 is 9.59 Å². The zero-order valence-electron chi connectivity index (χ0n) is 8.84. The summed E-state index contributed by atoms with van der Waals surface area (Å²) in [5.41, 5.74) is 0. The number of hydrogen-bond acceptors (Lipinski definition) is 2. The molecule has 1 heterocycles. The Morgan fingerprint density at radius 2 is 1.31 bits per heavy atom. The van der Waals surface area contributed by atoms with Crippen LogP contribution >= 0.6 is 23.2 Å². The van der Waals surface area contributed by atoms with Gasteiger partial charge in [0.05, 0.1) is 0 Å². The highest BCUT2D eigenvalue weighted by molar-refractivity contribution is 6.58. The van der Waals surface area contributed by atoms with Crippen molar-refractivity contribution in [3.05, 3.63) is 10.1 Å². The van der Waals surface area contributed by atoms with Crippen molar-refractivity contribution in [3.63, 3.8) is 0 Å². The molecule has 0 N–H and O–H groups in total. The van der Waals surface area contributed by atoms with Crippen LogP contribution in [0.5, 0.6) is 0 Å². The van der Waals surface area contributed by atoms with Gasteiger partial charge in [0.25, 0.3) is 11.8 Å². The van der Waals surface area contributed by atoms with Crippen molar-refractivity contribution >= 4 is 35.0 Å². The van der Waals surface area contributed by atoms with E-state index in [2.05, 4.69) is 0 Å². The Hall–Kier alpha value is -0.540. The molecule has 3 nitrogen and oxygen atoms in total. The summed E-state index contributed by atoms with van der Waals surface area (Å²) in [6, 6.07) is -0.0208. The normalized spacial score (nSPS) is 24.2. The van der Waals surface area contributed by atoms with Crippen molar-refractivity contribution in [3.8, 4) is 0 Å². The number of hydrogen-bond donors (Lipinski definition) is 0. The van der Waals surface area contributed by atoms with Gasteiger partial charge in [-0.1, -0.05) is 48.9 Å². The molecule has 16 heavy (non-hydrogen) atoms. The van der Waals surface area contributed by atoms with Gasteiger partial charge in [0.2, 0.25) is 0 Å². The van der Waals surface area contributed by atoms with Gasteiger partial charge in [0.1, 0.15) is 10.1 Å². The molecule has 0 bridgehead atoms. The Labute approximate surface area is 104 Å². The van der Waals surface area contributed by atoms with Crippen LogP contribution in [-0.4, -0.2) is 22.8 Å². The van der Waals surface area contributed by atoms with Gasteiger partial charge in [-0.15, -0.1) is 0 Å². The number of carbonyl (C=O) groups excluding carboxylic acids is 2. The smallest absolute Gasteiger partial charge is 0.270 e. The van der Waals surface area contributed by atoms with Crippen LogP contribution in [0.1, 0.15) is 38.5 Å². The van der Waals surface area contributed by atoms with Crippen molar-refractivity contribution in [1.82, 2.24) is 4.90 Å². The largest absolute Gasteiger partial charge is 0.274 e. The lowest BCUT2D eigenvalue weighted by molar-refractivity contribution is -0.140. The molecule has 1 fully saturated rings. The van der Waals surface area contributed by atoms with E-state index in [0.29, 0.717) is 0 Å². The van der Waals surface area contributed by atoms with Crippen LogP contribution in [0.2, 0.25) is 0 Å². The fraction of sp³-hybridized carbons (Fsp3) is 0.636. The minimum absolute atomic E-state index is 0.0208. The Bertz CT molecular complexity index is 333. The molecule has 0 aromatic carbocycles. The van der Waals surface area contributed by atoms with Crippen LogP contribution in [0.3, 0.4) is 0 Å². The Morgan fingerprint density at radius 3 is 1.75 bits per heavy atom. The molecule has 0 unspecified atom stereocenters. The molecule has 2 aliphatic rings. The average molecular weight is 262 g/mol. The summed E-state index contributed by atoms with van der Waals surface area (Å²) in [7, 11) is 0. The molecule has 0 aromatic rings. The number of rotatable bonds is 1. The lowest BCUT2D eigenvalue weighted by atomic mass is 10.1. The molecule has 0 radical (unpaired) electrons. The second kappa shape index (κ2) is 4.76. The molecule has 1 aliphatic carbocycles. The minimum atomic E-state index is -0.427. The summed E-state index contributed by atoms with van der Waals surface area (Å²) in [5.74, 6) is -0.855. The van der Waals surface area contributed by atoms with Crippen molar-refractivity contribution in [2.75, 3.05) is 0 Å². The Kier molecular flexibility index (Phi) is 3.55. The first-order valence-electron chi connectivity index (χ1n) is 5.56. The monoisotopic (exact) mass is 261 g/mol. The highest BCUT2D eigenvalue weighted by atomic mass is 35.5. The fourth-order valence-corrected chi connectivity index (χ4v) is 2.68. The van der Waals surface area contributed by atoms with Gasteiger partial charge in [-0.25, -0.2) is 0 Å². The molecule has 5 heteroatoms. The van der Waals surface area contributed by atoms with Crippen LogP contribution in [0.4, 0.5) is 0 Å². The standard InChI is InChI=1S/C11H13Cl2NO2/c12-8-9(13)11(16)14(10(8)15)7-5-3-1-2-4-6-7/h7H,1-6H2. The topological polar surface area (TPSA) is 37.4 Å². The third-order valence-corrected chi connectivity index (χ3v) is 3.99. The third-order valence-electron chi connectivity index (χ3n) is 3.20. The zero-order valence-corrected chi connectivity index (χ0v) is 10.4. The first kappa shape index (κ1) is 11.9. The maximum absolute atomic E-state index is 11.8. The Balaban J connectivity index is 2.16. The number of amides is 2. The van der Waals surface area contributed by atoms with E-state index in [1.165, 1.54) is 17.7 Å². The van der Waals surface area contributed by atoms with Gasteiger partial charge in [0, 0.05) is 6.04 Å². The molecule has 0 atom stereocenters. The van der Waals surface area contributed by atoms with E-state index in [1.807, 2.05) is 0 Å². The van der Waals surface area contributed by atoms with E-state index in [1.54, 1.807) is 0 Å². The number of carbonyl (C=O) groups is 2. The molecule has 2 rings (SSSR count). The predicted molar refractivity (Wildman–Crippen MR) is 62.1 cm³/mol. The summed E-state index contributed by atoms with van der Waals surface area (Å²) < 4.78 is 0. The molecule has 0 spiro atoms. The van der Waals surface area contributed by atoms with Crippen LogP contribution < -0.4 is 0 Å². The van der Waals surface area contributed by atoms with Gasteiger partial charge < -0.3 is 0 Å². The first-order chi connectivity index (χ1) is 7.63. The first-order valence-corrected chi connectivity index (χ1v) is 6.31. The SMILES string of the molecule is O=C1C(Cl)=C(Cl)C(=O)N1C1CCCCCC1. The summed E-state index contributed by atoms with van der Waals surface area (Å²) >= 11 is 11.4. The van der Waals surface area contributed by atoms with E-state index in [4.69, 9.17) is 23.2 Å². The van der Waals surface area contributed by atoms with Crippen LogP contribution in [0, 0.1) is 0 Å². The number of nitrogens with zero attached hydrogens (tertiary/aromatic N) is 1. The molecule has 88 valence electrons. The third kappa shape index (κ3) is 1.98. The van der Waals surface area contributed by atoms with E-state index < -0.39 is 11.8 Å². The van der Waals surface area contributed by atoms with E-state index in [9.17, 15) is 9.59 Å². The van der Waals surface area contributed by atoms with Gasteiger partial charge >= 0.3 is 0 Å². The molecular formula is C11H13Cl2NO2. The van der Waals surface area contributed by atoms with Crippen LogP contribution in [-0.2, 0) is 9.59 Å². The lowest BCUT2D eigenvalue weighted by Crippen LogP contribution is -2.40.